The molecule has 7 nitrogen and oxygen atoms in total. The molecule has 10 heteroatoms. The lowest BCUT2D eigenvalue weighted by molar-refractivity contribution is 0.176. The monoisotopic (exact) mass is 365 g/mol. The SMILES string of the molecule is C/C=N\N(C)[P+](=S)Oc1ccc(C(O)P(=O)(OC)OC)cc1. The van der Waals surface area contributed by atoms with E-state index in [4.69, 9.17) is 25.4 Å². The van der Waals surface area contributed by atoms with Gasteiger partial charge in [-0.05, 0) is 24.6 Å². The van der Waals surface area contributed by atoms with Gasteiger partial charge in [-0.1, -0.05) is 16.9 Å². The van der Waals surface area contributed by atoms with E-state index in [9.17, 15) is 9.67 Å². The van der Waals surface area contributed by atoms with Crippen LogP contribution in [-0.4, -0.2) is 37.4 Å². The molecule has 0 saturated carbocycles. The number of hydrogen-bond donors (Lipinski definition) is 1. The van der Waals surface area contributed by atoms with Crippen LogP contribution in [0.15, 0.2) is 29.4 Å². The third-order valence-electron chi connectivity index (χ3n) is 2.69. The second-order valence-electron chi connectivity index (χ2n) is 4.04. The average Bonchev–Trinajstić information content (AvgIpc) is 2.54. The molecule has 0 heterocycles. The number of hydrogen-bond acceptors (Lipinski definition) is 7. The summed E-state index contributed by atoms with van der Waals surface area (Å²) in [7, 11) is -0.746. The summed E-state index contributed by atoms with van der Waals surface area (Å²) in [4.78, 5) is 0. The smallest absolute Gasteiger partial charge is 0.376 e. The number of rotatable bonds is 8. The Morgan fingerprint density at radius 2 is 1.91 bits per heavy atom. The van der Waals surface area contributed by atoms with Crippen molar-refractivity contribution < 1.29 is 23.2 Å². The second-order valence-corrected chi connectivity index (χ2v) is 8.51. The Bertz CT molecular complexity index is 573. The predicted molar refractivity (Wildman–Crippen MR) is 89.9 cm³/mol. The third kappa shape index (κ3) is 4.81. The fourth-order valence-electron chi connectivity index (χ4n) is 1.52. The Labute approximate surface area is 136 Å². The Balaban J connectivity index is 2.83. The highest BCUT2D eigenvalue weighted by Crippen LogP contribution is 2.58. The number of benzene rings is 1. The van der Waals surface area contributed by atoms with E-state index in [1.54, 1.807) is 49.2 Å². The van der Waals surface area contributed by atoms with Crippen molar-refractivity contribution in [3.8, 4) is 5.75 Å². The van der Waals surface area contributed by atoms with E-state index in [0.29, 0.717) is 11.3 Å². The number of hydrazone groups is 1. The van der Waals surface area contributed by atoms with Crippen molar-refractivity contribution in [1.29, 1.82) is 0 Å². The van der Waals surface area contributed by atoms with Gasteiger partial charge < -0.3 is 14.2 Å². The van der Waals surface area contributed by atoms with Gasteiger partial charge in [0.1, 0.15) is 0 Å². The molecule has 0 amide bonds. The molecule has 0 bridgehead atoms. The van der Waals surface area contributed by atoms with E-state index < -0.39 is 20.5 Å². The highest BCUT2D eigenvalue weighted by Gasteiger charge is 2.33. The van der Waals surface area contributed by atoms with Crippen LogP contribution < -0.4 is 4.52 Å². The van der Waals surface area contributed by atoms with Crippen molar-refractivity contribution in [2.24, 2.45) is 5.10 Å². The lowest BCUT2D eigenvalue weighted by Gasteiger charge is -2.19. The van der Waals surface area contributed by atoms with Gasteiger partial charge in [-0.15, -0.1) is 5.10 Å². The molecule has 1 N–H and O–H groups in total. The molecule has 0 saturated heterocycles. The first-order valence-corrected chi connectivity index (χ1v) is 10.1. The Morgan fingerprint density at radius 3 is 2.36 bits per heavy atom. The zero-order valence-electron chi connectivity index (χ0n) is 12.7. The standard InChI is InChI=1S/C12H19N2O5P2S/c1-5-13-14(2)20(22)19-11-8-6-10(7-9-11)12(15)21(16,17-3)18-4/h5-9,12,15H,1-4H3/q+1/b13-5-. The van der Waals surface area contributed by atoms with Crippen molar-refractivity contribution >= 4 is 32.7 Å². The van der Waals surface area contributed by atoms with Crippen LogP contribution in [0.4, 0.5) is 0 Å². The van der Waals surface area contributed by atoms with E-state index in [-0.39, 0.29) is 0 Å². The molecule has 1 aromatic rings. The van der Waals surface area contributed by atoms with Gasteiger partial charge in [0.2, 0.25) is 11.8 Å². The van der Waals surface area contributed by atoms with Crippen LogP contribution in [0.1, 0.15) is 18.3 Å². The summed E-state index contributed by atoms with van der Waals surface area (Å²) in [5.41, 5.74) is 0.396. The van der Waals surface area contributed by atoms with Crippen LogP contribution in [0.5, 0.6) is 5.75 Å². The highest BCUT2D eigenvalue weighted by molar-refractivity contribution is 8.02. The maximum Gasteiger partial charge on any atom is 0.540 e. The summed E-state index contributed by atoms with van der Waals surface area (Å²) in [6.45, 7) is 1.79. The molecule has 122 valence electrons. The van der Waals surface area contributed by atoms with Crippen LogP contribution in [0.2, 0.25) is 0 Å². The minimum atomic E-state index is -3.59. The van der Waals surface area contributed by atoms with Gasteiger partial charge in [0, 0.05) is 20.4 Å². The van der Waals surface area contributed by atoms with E-state index in [1.807, 2.05) is 0 Å². The van der Waals surface area contributed by atoms with Crippen LogP contribution in [0, 0.1) is 0 Å². The third-order valence-corrected chi connectivity index (χ3v) is 6.48. The topological polar surface area (TPSA) is 80.6 Å². The summed E-state index contributed by atoms with van der Waals surface area (Å²) < 4.78 is 28.8. The minimum Gasteiger partial charge on any atom is -0.376 e. The lowest BCUT2D eigenvalue weighted by atomic mass is 10.2. The molecular weight excluding hydrogens is 346 g/mol. The van der Waals surface area contributed by atoms with Gasteiger partial charge >= 0.3 is 14.7 Å². The summed E-state index contributed by atoms with van der Waals surface area (Å²) in [5, 5.41) is 14.1. The van der Waals surface area contributed by atoms with Crippen molar-refractivity contribution in [1.82, 2.24) is 4.78 Å². The minimum absolute atomic E-state index is 0.396. The van der Waals surface area contributed by atoms with Crippen LogP contribution >= 0.6 is 14.7 Å². The molecule has 2 atom stereocenters. The molecule has 0 aliphatic rings. The Hall–Kier alpha value is -0.880. The van der Waals surface area contributed by atoms with Crippen LogP contribution in [-0.2, 0) is 25.4 Å². The fraction of sp³-hybridized carbons (Fsp3) is 0.417. The maximum atomic E-state index is 12.1. The molecule has 1 aromatic carbocycles. The lowest BCUT2D eigenvalue weighted by Crippen LogP contribution is -2.04. The van der Waals surface area contributed by atoms with E-state index in [1.165, 1.54) is 14.2 Å². The summed E-state index contributed by atoms with van der Waals surface area (Å²) in [6.07, 6.45) is 1.62. The van der Waals surface area contributed by atoms with E-state index in [0.717, 1.165) is 0 Å². The van der Waals surface area contributed by atoms with Gasteiger partial charge in [-0.3, -0.25) is 9.09 Å². The second kappa shape index (κ2) is 8.67. The molecular formula is C12H19N2O5P2S+. The van der Waals surface area contributed by atoms with Gasteiger partial charge in [0.15, 0.2) is 11.6 Å². The van der Waals surface area contributed by atoms with Crippen molar-refractivity contribution in [2.45, 2.75) is 12.8 Å². The average molecular weight is 365 g/mol. The zero-order chi connectivity index (χ0) is 16.8. The first kappa shape index (κ1) is 19.2. The molecule has 0 spiro atoms. The number of aliphatic hydroxyl groups excluding tert-OH is 1. The summed E-state index contributed by atoms with van der Waals surface area (Å²) >= 11 is 5.21. The molecule has 0 radical (unpaired) electrons. The summed E-state index contributed by atoms with van der Waals surface area (Å²) in [6, 6.07) is 6.40. The molecule has 0 aliphatic heterocycles. The Kier molecular flexibility index (Phi) is 7.56. The fourth-order valence-corrected chi connectivity index (χ4v) is 3.59. The molecule has 22 heavy (non-hydrogen) atoms. The van der Waals surface area contributed by atoms with E-state index in [2.05, 4.69) is 5.10 Å². The van der Waals surface area contributed by atoms with Crippen molar-refractivity contribution in [2.75, 3.05) is 21.3 Å². The van der Waals surface area contributed by atoms with E-state index >= 15 is 0 Å². The quantitative estimate of drug-likeness (QED) is 0.430. The zero-order valence-corrected chi connectivity index (χ0v) is 15.3. The largest absolute Gasteiger partial charge is 0.540 e. The predicted octanol–water partition coefficient (Wildman–Crippen LogP) is 3.25. The molecule has 0 aromatic heterocycles. The van der Waals surface area contributed by atoms with Gasteiger partial charge in [-0.2, -0.15) is 0 Å². The van der Waals surface area contributed by atoms with Crippen LogP contribution in [0.25, 0.3) is 0 Å². The van der Waals surface area contributed by atoms with Gasteiger partial charge in [-0.25, -0.2) is 0 Å². The van der Waals surface area contributed by atoms with Crippen molar-refractivity contribution in [3.05, 3.63) is 29.8 Å². The molecule has 1 rings (SSSR count). The van der Waals surface area contributed by atoms with Crippen molar-refractivity contribution in [3.63, 3.8) is 0 Å². The normalized spacial score (nSPS) is 14.0. The highest BCUT2D eigenvalue weighted by atomic mass is 32.4. The van der Waals surface area contributed by atoms with Crippen LogP contribution in [0.3, 0.4) is 0 Å². The Morgan fingerprint density at radius 1 is 1.36 bits per heavy atom. The maximum absolute atomic E-state index is 12.1. The molecule has 2 unspecified atom stereocenters. The molecule has 0 aliphatic carbocycles. The first-order valence-electron chi connectivity index (χ1n) is 6.24. The van der Waals surface area contributed by atoms with Gasteiger partial charge in [0.05, 0.1) is 7.05 Å². The number of nitrogens with zero attached hydrogens (tertiary/aromatic N) is 2. The number of aliphatic hydroxyl groups is 1. The molecule has 0 fully saturated rings. The van der Waals surface area contributed by atoms with Gasteiger partial charge in [0.25, 0.3) is 0 Å². The first-order chi connectivity index (χ1) is 10.4. The summed E-state index contributed by atoms with van der Waals surface area (Å²) in [5.74, 6) is -0.839.